The van der Waals surface area contributed by atoms with Crippen LogP contribution in [0.1, 0.15) is 19.4 Å². The number of aromatic nitrogens is 2. The molecule has 1 aromatic rings. The highest BCUT2D eigenvalue weighted by molar-refractivity contribution is 7.90. The Balaban J connectivity index is 2.85. The third-order valence-electron chi connectivity index (χ3n) is 2.27. The molecule has 0 bridgehead atoms. The standard InChI is InChI=1S/C10H18N4O2S/c1-4-8-9(11)12-6-13-10(8)14-7(2)5-17(3,15)16/h6-7H,4-5H2,1-3H3,(H3,11,12,13,14). The third kappa shape index (κ3) is 4.18. The van der Waals surface area contributed by atoms with Crippen LogP contribution in [-0.2, 0) is 16.3 Å². The molecule has 0 aliphatic rings. The predicted molar refractivity (Wildman–Crippen MR) is 68.6 cm³/mol. The summed E-state index contributed by atoms with van der Waals surface area (Å²) >= 11 is 0. The number of hydrogen-bond acceptors (Lipinski definition) is 6. The number of anilines is 2. The SMILES string of the molecule is CCc1c(N)ncnc1NC(C)CS(C)(=O)=O. The summed E-state index contributed by atoms with van der Waals surface area (Å²) in [6.07, 6.45) is 3.27. The van der Waals surface area contributed by atoms with Crippen LogP contribution in [0, 0.1) is 0 Å². The first-order valence-electron chi connectivity index (χ1n) is 5.37. The van der Waals surface area contributed by atoms with E-state index in [9.17, 15) is 8.42 Å². The maximum Gasteiger partial charge on any atom is 0.149 e. The van der Waals surface area contributed by atoms with E-state index in [1.807, 2.05) is 6.92 Å². The molecule has 1 aromatic heterocycles. The molecule has 0 radical (unpaired) electrons. The zero-order chi connectivity index (χ0) is 13.1. The van der Waals surface area contributed by atoms with Crippen molar-refractivity contribution in [3.05, 3.63) is 11.9 Å². The smallest absolute Gasteiger partial charge is 0.149 e. The van der Waals surface area contributed by atoms with Gasteiger partial charge in [-0.05, 0) is 13.3 Å². The highest BCUT2D eigenvalue weighted by atomic mass is 32.2. The van der Waals surface area contributed by atoms with Gasteiger partial charge in [-0.25, -0.2) is 18.4 Å². The molecule has 1 unspecified atom stereocenters. The second-order valence-corrected chi connectivity index (χ2v) is 6.26. The molecule has 7 heteroatoms. The van der Waals surface area contributed by atoms with Gasteiger partial charge in [0.05, 0.1) is 5.75 Å². The summed E-state index contributed by atoms with van der Waals surface area (Å²) < 4.78 is 22.3. The van der Waals surface area contributed by atoms with Crippen LogP contribution in [0.5, 0.6) is 0 Å². The number of hydrogen-bond donors (Lipinski definition) is 2. The lowest BCUT2D eigenvalue weighted by molar-refractivity contribution is 0.598. The molecule has 1 rings (SSSR count). The van der Waals surface area contributed by atoms with Gasteiger partial charge in [-0.15, -0.1) is 0 Å². The van der Waals surface area contributed by atoms with Crippen molar-refractivity contribution in [1.82, 2.24) is 9.97 Å². The normalized spacial score (nSPS) is 13.4. The molecule has 0 spiro atoms. The van der Waals surface area contributed by atoms with E-state index in [1.54, 1.807) is 6.92 Å². The van der Waals surface area contributed by atoms with Crippen LogP contribution < -0.4 is 11.1 Å². The van der Waals surface area contributed by atoms with E-state index >= 15 is 0 Å². The minimum Gasteiger partial charge on any atom is -0.383 e. The molecule has 3 N–H and O–H groups in total. The maximum absolute atomic E-state index is 11.2. The van der Waals surface area contributed by atoms with Gasteiger partial charge in [-0.1, -0.05) is 6.92 Å². The quantitative estimate of drug-likeness (QED) is 0.796. The minimum atomic E-state index is -3.01. The van der Waals surface area contributed by atoms with Gasteiger partial charge in [-0.2, -0.15) is 0 Å². The Labute approximate surface area is 102 Å². The number of rotatable bonds is 5. The Hall–Kier alpha value is -1.37. The van der Waals surface area contributed by atoms with E-state index in [-0.39, 0.29) is 11.8 Å². The van der Waals surface area contributed by atoms with E-state index in [4.69, 9.17) is 5.73 Å². The summed E-state index contributed by atoms with van der Waals surface area (Å²) in [6, 6.07) is -0.218. The maximum atomic E-state index is 11.2. The van der Waals surface area contributed by atoms with E-state index in [1.165, 1.54) is 12.6 Å². The summed E-state index contributed by atoms with van der Waals surface area (Å²) in [5.41, 5.74) is 6.54. The zero-order valence-electron chi connectivity index (χ0n) is 10.3. The number of sulfone groups is 1. The molecule has 0 aliphatic heterocycles. The molecular formula is C10H18N4O2S. The molecule has 1 heterocycles. The first-order chi connectivity index (χ1) is 7.83. The van der Waals surface area contributed by atoms with Crippen molar-refractivity contribution in [2.45, 2.75) is 26.3 Å². The van der Waals surface area contributed by atoms with Crippen LogP contribution in [0.3, 0.4) is 0 Å². The second-order valence-electron chi connectivity index (χ2n) is 4.08. The summed E-state index contributed by atoms with van der Waals surface area (Å²) in [5.74, 6) is 1.09. The van der Waals surface area contributed by atoms with E-state index in [0.29, 0.717) is 18.1 Å². The van der Waals surface area contributed by atoms with E-state index < -0.39 is 9.84 Å². The highest BCUT2D eigenvalue weighted by Crippen LogP contribution is 2.18. The van der Waals surface area contributed by atoms with Gasteiger partial charge in [-0.3, -0.25) is 0 Å². The van der Waals surface area contributed by atoms with Crippen molar-refractivity contribution in [3.8, 4) is 0 Å². The Bertz CT molecular complexity index is 487. The van der Waals surface area contributed by atoms with Crippen LogP contribution in [0.25, 0.3) is 0 Å². The summed E-state index contributed by atoms with van der Waals surface area (Å²) in [7, 11) is -3.01. The average molecular weight is 258 g/mol. The lowest BCUT2D eigenvalue weighted by atomic mass is 10.2. The first-order valence-corrected chi connectivity index (χ1v) is 7.43. The Morgan fingerprint density at radius 3 is 2.65 bits per heavy atom. The van der Waals surface area contributed by atoms with Crippen molar-refractivity contribution in [2.24, 2.45) is 0 Å². The van der Waals surface area contributed by atoms with Gasteiger partial charge in [0.25, 0.3) is 0 Å². The van der Waals surface area contributed by atoms with Crippen molar-refractivity contribution >= 4 is 21.5 Å². The van der Waals surface area contributed by atoms with Crippen LogP contribution in [-0.4, -0.2) is 36.4 Å². The number of nitrogens with zero attached hydrogens (tertiary/aromatic N) is 2. The lowest BCUT2D eigenvalue weighted by Crippen LogP contribution is -2.26. The molecular weight excluding hydrogens is 240 g/mol. The largest absolute Gasteiger partial charge is 0.383 e. The molecule has 0 saturated carbocycles. The molecule has 96 valence electrons. The topological polar surface area (TPSA) is 98.0 Å². The van der Waals surface area contributed by atoms with E-state index in [0.717, 1.165) is 5.56 Å². The lowest BCUT2D eigenvalue weighted by Gasteiger charge is -2.16. The fourth-order valence-electron chi connectivity index (χ4n) is 1.63. The van der Waals surface area contributed by atoms with Crippen LogP contribution >= 0.6 is 0 Å². The number of nitrogen functional groups attached to an aromatic ring is 1. The van der Waals surface area contributed by atoms with Gasteiger partial charge in [0.2, 0.25) is 0 Å². The molecule has 0 saturated heterocycles. The summed E-state index contributed by atoms with van der Waals surface area (Å²) in [5, 5.41) is 3.05. The molecule has 0 amide bonds. The van der Waals surface area contributed by atoms with Crippen molar-refractivity contribution in [2.75, 3.05) is 23.1 Å². The Kier molecular flexibility index (Phi) is 4.28. The first kappa shape index (κ1) is 13.7. The Morgan fingerprint density at radius 2 is 2.12 bits per heavy atom. The van der Waals surface area contributed by atoms with Crippen LogP contribution in [0.4, 0.5) is 11.6 Å². The number of nitrogens with two attached hydrogens (primary N) is 1. The fraction of sp³-hybridized carbons (Fsp3) is 0.600. The monoisotopic (exact) mass is 258 g/mol. The molecule has 6 nitrogen and oxygen atoms in total. The molecule has 0 fully saturated rings. The third-order valence-corrected chi connectivity index (χ3v) is 3.37. The molecule has 0 aliphatic carbocycles. The summed E-state index contributed by atoms with van der Waals surface area (Å²) in [6.45, 7) is 3.74. The zero-order valence-corrected chi connectivity index (χ0v) is 11.1. The van der Waals surface area contributed by atoms with Crippen molar-refractivity contribution in [3.63, 3.8) is 0 Å². The van der Waals surface area contributed by atoms with Crippen molar-refractivity contribution < 1.29 is 8.42 Å². The van der Waals surface area contributed by atoms with Crippen LogP contribution in [0.15, 0.2) is 6.33 Å². The van der Waals surface area contributed by atoms with Gasteiger partial charge in [0, 0.05) is 17.9 Å². The van der Waals surface area contributed by atoms with Gasteiger partial charge in [0.15, 0.2) is 0 Å². The molecule has 1 atom stereocenters. The molecule has 17 heavy (non-hydrogen) atoms. The number of nitrogens with one attached hydrogen (secondary N) is 1. The van der Waals surface area contributed by atoms with Gasteiger partial charge in [0.1, 0.15) is 27.8 Å². The van der Waals surface area contributed by atoms with E-state index in [2.05, 4.69) is 15.3 Å². The van der Waals surface area contributed by atoms with Crippen LogP contribution in [0.2, 0.25) is 0 Å². The second kappa shape index (κ2) is 5.31. The Morgan fingerprint density at radius 1 is 1.47 bits per heavy atom. The van der Waals surface area contributed by atoms with Crippen molar-refractivity contribution in [1.29, 1.82) is 0 Å². The molecule has 0 aromatic carbocycles. The highest BCUT2D eigenvalue weighted by Gasteiger charge is 2.13. The fourth-order valence-corrected chi connectivity index (χ4v) is 2.62. The van der Waals surface area contributed by atoms with Gasteiger partial charge >= 0.3 is 0 Å². The minimum absolute atomic E-state index is 0.0556. The summed E-state index contributed by atoms with van der Waals surface area (Å²) in [4.78, 5) is 7.98. The van der Waals surface area contributed by atoms with Gasteiger partial charge < -0.3 is 11.1 Å². The predicted octanol–water partition coefficient (Wildman–Crippen LogP) is 0.466. The average Bonchev–Trinajstić information content (AvgIpc) is 2.14.